The number of rotatable bonds is 6. The molecule has 0 saturated carbocycles. The molecule has 1 aliphatic heterocycles. The van der Waals surface area contributed by atoms with Gasteiger partial charge in [-0.25, -0.2) is 0 Å². The van der Waals surface area contributed by atoms with Gasteiger partial charge in [0.15, 0.2) is 18.1 Å². The molecule has 0 unspecified atom stereocenters. The minimum atomic E-state index is -0.175. The minimum Gasteiger partial charge on any atom is -0.486 e. The quantitative estimate of drug-likeness (QED) is 0.872. The predicted molar refractivity (Wildman–Crippen MR) is 96.8 cm³/mol. The van der Waals surface area contributed by atoms with Gasteiger partial charge < -0.3 is 19.5 Å². The molecular weight excluding hydrogens is 318 g/mol. The number of para-hydroxylation sites is 1. The maximum absolute atomic E-state index is 12.3. The normalized spacial score (nSPS) is 12.6. The molecule has 132 valence electrons. The molecule has 5 nitrogen and oxygen atoms in total. The Bertz CT molecular complexity index is 735. The molecule has 1 aliphatic rings. The monoisotopic (exact) mass is 341 g/mol. The maximum Gasteiger partial charge on any atom is 0.262 e. The third-order valence-electron chi connectivity index (χ3n) is 4.15. The van der Waals surface area contributed by atoms with Gasteiger partial charge in [-0.05, 0) is 36.1 Å². The zero-order chi connectivity index (χ0) is 17.6. The number of carbonyl (C=O) groups excluding carboxylic acids is 1. The molecule has 2 aromatic carbocycles. The number of ether oxygens (including phenoxy) is 3. The first-order valence-electron chi connectivity index (χ1n) is 8.64. The third-order valence-corrected chi connectivity index (χ3v) is 4.15. The number of nitrogens with one attached hydrogen (secondary N) is 1. The highest BCUT2D eigenvalue weighted by atomic mass is 16.6. The Labute approximate surface area is 147 Å². The fourth-order valence-electron chi connectivity index (χ4n) is 2.84. The molecule has 1 amide bonds. The van der Waals surface area contributed by atoms with Crippen LogP contribution < -0.4 is 19.5 Å². The van der Waals surface area contributed by atoms with Crippen LogP contribution in [-0.4, -0.2) is 25.7 Å². The summed E-state index contributed by atoms with van der Waals surface area (Å²) in [4.78, 5) is 12.3. The van der Waals surface area contributed by atoms with Gasteiger partial charge in [0, 0.05) is 11.8 Å². The van der Waals surface area contributed by atoms with E-state index < -0.39 is 0 Å². The van der Waals surface area contributed by atoms with Crippen molar-refractivity contribution in [3.8, 4) is 17.2 Å². The molecule has 0 fully saturated rings. The molecule has 1 heterocycles. The van der Waals surface area contributed by atoms with E-state index in [-0.39, 0.29) is 12.5 Å². The second kappa shape index (κ2) is 7.92. The van der Waals surface area contributed by atoms with Crippen LogP contribution in [0.1, 0.15) is 25.0 Å². The lowest BCUT2D eigenvalue weighted by Gasteiger charge is -2.19. The predicted octanol–water partition coefficient (Wildman–Crippen LogP) is 3.60. The Morgan fingerprint density at radius 1 is 1.04 bits per heavy atom. The lowest BCUT2D eigenvalue weighted by Crippen LogP contribution is -2.22. The number of hydrogen-bond donors (Lipinski definition) is 1. The molecule has 0 aromatic heterocycles. The highest BCUT2D eigenvalue weighted by Gasteiger charge is 2.14. The van der Waals surface area contributed by atoms with Crippen molar-refractivity contribution in [2.24, 2.45) is 0 Å². The third kappa shape index (κ3) is 4.05. The van der Waals surface area contributed by atoms with E-state index in [1.165, 1.54) is 0 Å². The zero-order valence-electron chi connectivity index (χ0n) is 14.6. The van der Waals surface area contributed by atoms with Gasteiger partial charge in [0.25, 0.3) is 5.91 Å². The Balaban J connectivity index is 1.64. The van der Waals surface area contributed by atoms with Crippen LogP contribution >= 0.6 is 0 Å². The van der Waals surface area contributed by atoms with Crippen LogP contribution in [0.5, 0.6) is 17.2 Å². The first-order valence-corrected chi connectivity index (χ1v) is 8.64. The van der Waals surface area contributed by atoms with Crippen LogP contribution in [0.3, 0.4) is 0 Å². The van der Waals surface area contributed by atoms with Crippen LogP contribution in [0.4, 0.5) is 5.69 Å². The summed E-state index contributed by atoms with van der Waals surface area (Å²) in [6, 6.07) is 11.4. The van der Waals surface area contributed by atoms with Crippen molar-refractivity contribution in [2.45, 2.75) is 26.7 Å². The van der Waals surface area contributed by atoms with E-state index in [9.17, 15) is 4.79 Å². The standard InChI is InChI=1S/C20H23NO4/c1-3-14-6-5-7-15(4-2)20(14)21-19(22)13-25-16-8-9-17-18(12-16)24-11-10-23-17/h5-9,12H,3-4,10-11,13H2,1-2H3,(H,21,22). The van der Waals surface area contributed by atoms with Crippen molar-refractivity contribution in [1.82, 2.24) is 0 Å². The fraction of sp³-hybridized carbons (Fsp3) is 0.350. The summed E-state index contributed by atoms with van der Waals surface area (Å²) in [5, 5.41) is 2.99. The maximum atomic E-state index is 12.3. The van der Waals surface area contributed by atoms with Gasteiger partial charge >= 0.3 is 0 Å². The molecule has 0 bridgehead atoms. The first-order chi connectivity index (χ1) is 12.2. The lowest BCUT2D eigenvalue weighted by atomic mass is 10.0. The molecule has 0 spiro atoms. The van der Waals surface area contributed by atoms with E-state index >= 15 is 0 Å². The number of aryl methyl sites for hydroxylation is 2. The van der Waals surface area contributed by atoms with Crippen LogP contribution in [0.25, 0.3) is 0 Å². The number of carbonyl (C=O) groups is 1. The minimum absolute atomic E-state index is 0.0547. The summed E-state index contributed by atoms with van der Waals surface area (Å²) >= 11 is 0. The summed E-state index contributed by atoms with van der Waals surface area (Å²) in [5.74, 6) is 1.76. The molecule has 0 aliphatic carbocycles. The van der Waals surface area contributed by atoms with E-state index in [1.807, 2.05) is 18.2 Å². The van der Waals surface area contributed by atoms with Gasteiger partial charge in [0.2, 0.25) is 0 Å². The van der Waals surface area contributed by atoms with E-state index in [4.69, 9.17) is 14.2 Å². The molecule has 5 heteroatoms. The van der Waals surface area contributed by atoms with Crippen LogP contribution in [0.15, 0.2) is 36.4 Å². The second-order valence-electron chi connectivity index (χ2n) is 5.80. The summed E-state index contributed by atoms with van der Waals surface area (Å²) < 4.78 is 16.6. The van der Waals surface area contributed by atoms with Crippen molar-refractivity contribution in [2.75, 3.05) is 25.1 Å². The Hall–Kier alpha value is -2.69. The molecule has 3 rings (SSSR count). The van der Waals surface area contributed by atoms with Crippen LogP contribution in [-0.2, 0) is 17.6 Å². The number of benzene rings is 2. The highest BCUT2D eigenvalue weighted by Crippen LogP contribution is 2.33. The van der Waals surface area contributed by atoms with Crippen molar-refractivity contribution in [1.29, 1.82) is 0 Å². The van der Waals surface area contributed by atoms with E-state index in [0.29, 0.717) is 30.5 Å². The number of fused-ring (bicyclic) bond motifs is 1. The number of amides is 1. The molecule has 25 heavy (non-hydrogen) atoms. The molecule has 2 aromatic rings. The topological polar surface area (TPSA) is 56.8 Å². The Morgan fingerprint density at radius 2 is 1.72 bits per heavy atom. The Kier molecular flexibility index (Phi) is 5.43. The zero-order valence-corrected chi connectivity index (χ0v) is 14.6. The number of hydrogen-bond acceptors (Lipinski definition) is 4. The van der Waals surface area contributed by atoms with Crippen LogP contribution in [0, 0.1) is 0 Å². The van der Waals surface area contributed by atoms with Gasteiger partial charge in [-0.15, -0.1) is 0 Å². The summed E-state index contributed by atoms with van der Waals surface area (Å²) in [7, 11) is 0. The van der Waals surface area contributed by atoms with Crippen LogP contribution in [0.2, 0.25) is 0 Å². The first kappa shape index (κ1) is 17.1. The molecule has 0 saturated heterocycles. The molecule has 0 atom stereocenters. The number of anilines is 1. The average molecular weight is 341 g/mol. The molecule has 0 radical (unpaired) electrons. The highest BCUT2D eigenvalue weighted by molar-refractivity contribution is 5.93. The van der Waals surface area contributed by atoms with Gasteiger partial charge in [-0.3, -0.25) is 4.79 Å². The van der Waals surface area contributed by atoms with Crippen molar-refractivity contribution < 1.29 is 19.0 Å². The van der Waals surface area contributed by atoms with E-state index in [2.05, 4.69) is 19.2 Å². The SMILES string of the molecule is CCc1cccc(CC)c1NC(=O)COc1ccc2c(c1)OCCO2. The van der Waals surface area contributed by atoms with Gasteiger partial charge in [0.1, 0.15) is 19.0 Å². The Morgan fingerprint density at radius 3 is 2.40 bits per heavy atom. The summed E-state index contributed by atoms with van der Waals surface area (Å²) in [6.07, 6.45) is 1.74. The van der Waals surface area contributed by atoms with E-state index in [1.54, 1.807) is 18.2 Å². The van der Waals surface area contributed by atoms with Gasteiger partial charge in [-0.2, -0.15) is 0 Å². The lowest BCUT2D eigenvalue weighted by molar-refractivity contribution is -0.118. The van der Waals surface area contributed by atoms with Gasteiger partial charge in [0.05, 0.1) is 0 Å². The fourth-order valence-corrected chi connectivity index (χ4v) is 2.84. The van der Waals surface area contributed by atoms with Crippen molar-refractivity contribution in [3.05, 3.63) is 47.5 Å². The molecular formula is C20H23NO4. The smallest absolute Gasteiger partial charge is 0.262 e. The average Bonchev–Trinajstić information content (AvgIpc) is 2.66. The van der Waals surface area contributed by atoms with Gasteiger partial charge in [-0.1, -0.05) is 32.0 Å². The van der Waals surface area contributed by atoms with Crippen molar-refractivity contribution >= 4 is 11.6 Å². The van der Waals surface area contributed by atoms with Crippen molar-refractivity contribution in [3.63, 3.8) is 0 Å². The summed E-state index contributed by atoms with van der Waals surface area (Å²) in [6.45, 7) is 5.17. The summed E-state index contributed by atoms with van der Waals surface area (Å²) in [5.41, 5.74) is 3.17. The largest absolute Gasteiger partial charge is 0.486 e. The second-order valence-corrected chi connectivity index (χ2v) is 5.80. The molecule has 1 N–H and O–H groups in total. The van der Waals surface area contributed by atoms with E-state index in [0.717, 1.165) is 29.7 Å².